The van der Waals surface area contributed by atoms with Crippen LogP contribution in [0.3, 0.4) is 0 Å². The van der Waals surface area contributed by atoms with Crippen LogP contribution in [0.25, 0.3) is 0 Å². The normalized spacial score (nSPS) is 13.9. The summed E-state index contributed by atoms with van der Waals surface area (Å²) < 4.78 is 0. The lowest BCUT2D eigenvalue weighted by atomic mass is 9.78. The van der Waals surface area contributed by atoms with E-state index in [0.29, 0.717) is 11.1 Å². The van der Waals surface area contributed by atoms with Gasteiger partial charge in [0, 0.05) is 11.6 Å². The monoisotopic (exact) mass is 246 g/mol. The standard InChI is InChI=1S/C12H12N2O2.C2H6/c1-8-5-12(14(15)16)11(6-10(8)7-13)9-3-2-4-9;1-2/h5-6,9H,2-4H2,1H3;1-2H3. The third kappa shape index (κ3) is 2.67. The van der Waals surface area contributed by atoms with Gasteiger partial charge in [-0.3, -0.25) is 10.1 Å². The van der Waals surface area contributed by atoms with E-state index in [1.165, 1.54) is 6.07 Å². The molecule has 0 amide bonds. The van der Waals surface area contributed by atoms with Crippen LogP contribution in [-0.2, 0) is 0 Å². The second-order valence-electron chi connectivity index (χ2n) is 4.22. The number of hydrogen-bond acceptors (Lipinski definition) is 3. The van der Waals surface area contributed by atoms with Gasteiger partial charge in [0.2, 0.25) is 0 Å². The van der Waals surface area contributed by atoms with Gasteiger partial charge in [0.15, 0.2) is 0 Å². The average Bonchev–Trinajstić information content (AvgIpc) is 2.31. The van der Waals surface area contributed by atoms with Crippen LogP contribution in [0.15, 0.2) is 12.1 Å². The van der Waals surface area contributed by atoms with Gasteiger partial charge >= 0.3 is 0 Å². The van der Waals surface area contributed by atoms with E-state index in [2.05, 4.69) is 6.07 Å². The van der Waals surface area contributed by atoms with Crippen molar-refractivity contribution >= 4 is 5.69 Å². The van der Waals surface area contributed by atoms with Gasteiger partial charge in [-0.2, -0.15) is 5.26 Å². The molecule has 4 heteroatoms. The van der Waals surface area contributed by atoms with Crippen LogP contribution in [-0.4, -0.2) is 4.92 Å². The number of benzene rings is 1. The second-order valence-corrected chi connectivity index (χ2v) is 4.22. The highest BCUT2D eigenvalue weighted by molar-refractivity contribution is 5.52. The van der Waals surface area contributed by atoms with Crippen LogP contribution in [0.2, 0.25) is 0 Å². The van der Waals surface area contributed by atoms with Crippen molar-refractivity contribution in [1.82, 2.24) is 0 Å². The molecular formula is C14H18N2O2. The topological polar surface area (TPSA) is 66.9 Å². The summed E-state index contributed by atoms with van der Waals surface area (Å²) in [4.78, 5) is 10.6. The highest BCUT2D eigenvalue weighted by Gasteiger charge is 2.28. The minimum absolute atomic E-state index is 0.168. The molecule has 0 spiro atoms. The number of hydrogen-bond donors (Lipinski definition) is 0. The molecule has 0 aromatic heterocycles. The zero-order chi connectivity index (χ0) is 13.7. The molecule has 0 heterocycles. The molecule has 2 rings (SSSR count). The lowest BCUT2D eigenvalue weighted by Crippen LogP contribution is -2.11. The van der Waals surface area contributed by atoms with Crippen molar-refractivity contribution < 1.29 is 4.92 Å². The maximum absolute atomic E-state index is 10.9. The van der Waals surface area contributed by atoms with Gasteiger partial charge in [-0.1, -0.05) is 20.3 Å². The molecule has 1 aromatic rings. The van der Waals surface area contributed by atoms with Crippen LogP contribution in [0.5, 0.6) is 0 Å². The number of nitro benzene ring substituents is 1. The Kier molecular flexibility index (Phi) is 4.85. The van der Waals surface area contributed by atoms with Gasteiger partial charge in [0.25, 0.3) is 5.69 Å². The summed E-state index contributed by atoms with van der Waals surface area (Å²) in [6, 6.07) is 5.29. The third-order valence-corrected chi connectivity index (χ3v) is 3.24. The van der Waals surface area contributed by atoms with E-state index in [0.717, 1.165) is 24.8 Å². The van der Waals surface area contributed by atoms with Crippen LogP contribution < -0.4 is 0 Å². The average molecular weight is 246 g/mol. The first kappa shape index (κ1) is 14.2. The second kappa shape index (κ2) is 6.15. The van der Waals surface area contributed by atoms with Gasteiger partial charge < -0.3 is 0 Å². The van der Waals surface area contributed by atoms with Gasteiger partial charge in [-0.25, -0.2) is 0 Å². The minimum Gasteiger partial charge on any atom is -0.258 e. The Hall–Kier alpha value is -1.89. The van der Waals surface area contributed by atoms with Gasteiger partial charge in [-0.15, -0.1) is 0 Å². The van der Waals surface area contributed by atoms with Crippen LogP contribution in [0.4, 0.5) is 5.69 Å². The smallest absolute Gasteiger partial charge is 0.258 e. The molecule has 0 radical (unpaired) electrons. The van der Waals surface area contributed by atoms with E-state index in [9.17, 15) is 10.1 Å². The first-order valence-corrected chi connectivity index (χ1v) is 6.32. The van der Waals surface area contributed by atoms with E-state index < -0.39 is 0 Å². The number of nitrogens with zero attached hydrogens (tertiary/aromatic N) is 2. The summed E-state index contributed by atoms with van der Waals surface area (Å²) in [5.74, 6) is 0.271. The fourth-order valence-electron chi connectivity index (χ4n) is 2.03. The van der Waals surface area contributed by atoms with E-state index in [4.69, 9.17) is 5.26 Å². The maximum atomic E-state index is 10.9. The molecule has 4 nitrogen and oxygen atoms in total. The molecule has 18 heavy (non-hydrogen) atoms. The maximum Gasteiger partial charge on any atom is 0.273 e. The lowest BCUT2D eigenvalue weighted by molar-refractivity contribution is -0.385. The SMILES string of the molecule is CC.Cc1cc([N+](=O)[O-])c(C2CCC2)cc1C#N. The van der Waals surface area contributed by atoms with Crippen LogP contribution >= 0.6 is 0 Å². The predicted octanol–water partition coefficient (Wildman–Crippen LogP) is 4.07. The Morgan fingerprint density at radius 1 is 1.39 bits per heavy atom. The number of aryl methyl sites for hydroxylation is 1. The molecule has 0 unspecified atom stereocenters. The summed E-state index contributed by atoms with van der Waals surface area (Å²) >= 11 is 0. The predicted molar refractivity (Wildman–Crippen MR) is 70.5 cm³/mol. The van der Waals surface area contributed by atoms with Gasteiger partial charge in [0.1, 0.15) is 0 Å². The minimum atomic E-state index is -0.345. The van der Waals surface area contributed by atoms with Gasteiger partial charge in [0.05, 0.1) is 16.6 Å². The Bertz CT molecular complexity index is 485. The fourth-order valence-corrected chi connectivity index (χ4v) is 2.03. The molecule has 1 aromatic carbocycles. The molecule has 0 N–H and O–H groups in total. The highest BCUT2D eigenvalue weighted by atomic mass is 16.6. The molecule has 0 atom stereocenters. The fraction of sp³-hybridized carbons (Fsp3) is 0.500. The zero-order valence-corrected chi connectivity index (χ0v) is 11.1. The molecule has 1 aliphatic carbocycles. The third-order valence-electron chi connectivity index (χ3n) is 3.24. The van der Waals surface area contributed by atoms with Crippen molar-refractivity contribution in [3.05, 3.63) is 38.9 Å². The Balaban J connectivity index is 0.000000771. The van der Waals surface area contributed by atoms with Crippen molar-refractivity contribution in [3.8, 4) is 6.07 Å². The number of nitro groups is 1. The van der Waals surface area contributed by atoms with Crippen molar-refractivity contribution in [2.75, 3.05) is 0 Å². The Morgan fingerprint density at radius 3 is 2.39 bits per heavy atom. The molecule has 1 aliphatic rings. The van der Waals surface area contributed by atoms with Crippen LogP contribution in [0, 0.1) is 28.4 Å². The quantitative estimate of drug-likeness (QED) is 0.583. The van der Waals surface area contributed by atoms with E-state index in [1.807, 2.05) is 13.8 Å². The Morgan fingerprint density at radius 2 is 2.00 bits per heavy atom. The van der Waals surface area contributed by atoms with Crippen molar-refractivity contribution in [2.24, 2.45) is 0 Å². The lowest BCUT2D eigenvalue weighted by Gasteiger charge is -2.25. The molecule has 1 fully saturated rings. The van der Waals surface area contributed by atoms with Crippen molar-refractivity contribution in [2.45, 2.75) is 46.0 Å². The summed E-state index contributed by atoms with van der Waals surface area (Å²) in [5.41, 5.74) is 2.13. The first-order chi connectivity index (χ1) is 8.63. The van der Waals surface area contributed by atoms with E-state index >= 15 is 0 Å². The Labute approximate surface area is 107 Å². The largest absolute Gasteiger partial charge is 0.273 e. The first-order valence-electron chi connectivity index (χ1n) is 6.32. The van der Waals surface area contributed by atoms with Crippen LogP contribution in [0.1, 0.15) is 55.7 Å². The molecule has 0 bridgehead atoms. The summed E-state index contributed by atoms with van der Waals surface area (Å²) in [6.45, 7) is 5.73. The zero-order valence-electron chi connectivity index (χ0n) is 11.1. The molecule has 0 aliphatic heterocycles. The molecule has 0 saturated heterocycles. The molecule has 96 valence electrons. The van der Waals surface area contributed by atoms with Crippen molar-refractivity contribution in [3.63, 3.8) is 0 Å². The van der Waals surface area contributed by atoms with Crippen molar-refractivity contribution in [1.29, 1.82) is 5.26 Å². The van der Waals surface area contributed by atoms with E-state index in [1.54, 1.807) is 13.0 Å². The molecular weight excluding hydrogens is 228 g/mol. The van der Waals surface area contributed by atoms with Gasteiger partial charge in [-0.05, 0) is 37.3 Å². The summed E-state index contributed by atoms with van der Waals surface area (Å²) in [6.07, 6.45) is 3.11. The van der Waals surface area contributed by atoms with E-state index in [-0.39, 0.29) is 16.5 Å². The summed E-state index contributed by atoms with van der Waals surface area (Å²) in [7, 11) is 0. The highest BCUT2D eigenvalue weighted by Crippen LogP contribution is 2.41. The summed E-state index contributed by atoms with van der Waals surface area (Å²) in [5, 5.41) is 19.9. The number of nitriles is 1. The molecule has 1 saturated carbocycles. The number of rotatable bonds is 2.